The molecule has 84 valence electrons. The first-order valence-corrected chi connectivity index (χ1v) is 5.07. The molecule has 2 rings (SSSR count). The fourth-order valence-electron chi connectivity index (χ4n) is 1.97. The number of hydrogen-bond acceptors (Lipinski definition) is 3. The van der Waals surface area contributed by atoms with Crippen LogP contribution in [-0.4, -0.2) is 27.6 Å². The third-order valence-corrected chi connectivity index (χ3v) is 2.90. The number of aliphatic hydroxyl groups is 1. The van der Waals surface area contributed by atoms with Crippen molar-refractivity contribution in [2.75, 3.05) is 0 Å². The van der Waals surface area contributed by atoms with Gasteiger partial charge in [-0.2, -0.15) is 0 Å². The molecule has 2 N–H and O–H groups in total. The van der Waals surface area contributed by atoms with Gasteiger partial charge < -0.3 is 10.2 Å². The minimum absolute atomic E-state index is 0.00796. The lowest BCUT2D eigenvalue weighted by Gasteiger charge is -2.17. The molecule has 1 aliphatic carbocycles. The number of Topliss-reactive ketones (excluding diaryl/α,β-unsaturated/α-hetero) is 1. The highest BCUT2D eigenvalue weighted by Gasteiger charge is 2.45. The average molecular weight is 241 g/mol. The molecule has 1 aliphatic rings. The highest BCUT2D eigenvalue weighted by atomic mass is 35.5. The van der Waals surface area contributed by atoms with Crippen molar-refractivity contribution in [3.05, 3.63) is 34.3 Å². The lowest BCUT2D eigenvalue weighted by atomic mass is 9.95. The zero-order valence-electron chi connectivity index (χ0n) is 8.24. The molecule has 0 fully saturated rings. The molecule has 1 atom stereocenters. The van der Waals surface area contributed by atoms with Gasteiger partial charge in [-0.05, 0) is 23.8 Å². The van der Waals surface area contributed by atoms with Crippen molar-refractivity contribution < 1.29 is 19.8 Å². The van der Waals surface area contributed by atoms with Crippen molar-refractivity contribution in [2.24, 2.45) is 0 Å². The standard InChI is InChI=1S/C11H9ClO4/c12-7-1-2-8-6(3-7)4-11(16,10(8)15)5-9(13)14/h1-3,16H,4-5H2,(H,13,14). The van der Waals surface area contributed by atoms with Crippen LogP contribution in [0.15, 0.2) is 18.2 Å². The van der Waals surface area contributed by atoms with Crippen LogP contribution in [0.5, 0.6) is 0 Å². The van der Waals surface area contributed by atoms with Crippen LogP contribution in [0.2, 0.25) is 5.02 Å². The predicted molar refractivity (Wildman–Crippen MR) is 56.7 cm³/mol. The largest absolute Gasteiger partial charge is 0.481 e. The molecule has 0 amide bonds. The number of fused-ring (bicyclic) bond motifs is 1. The Morgan fingerprint density at radius 1 is 1.50 bits per heavy atom. The number of rotatable bonds is 2. The molecule has 1 aromatic rings. The molecule has 16 heavy (non-hydrogen) atoms. The molecule has 0 saturated carbocycles. The summed E-state index contributed by atoms with van der Waals surface area (Å²) in [5.74, 6) is -1.74. The van der Waals surface area contributed by atoms with Gasteiger partial charge in [0.2, 0.25) is 0 Å². The van der Waals surface area contributed by atoms with E-state index < -0.39 is 23.8 Å². The Labute approximate surface area is 96.5 Å². The van der Waals surface area contributed by atoms with Crippen LogP contribution >= 0.6 is 11.6 Å². The Morgan fingerprint density at radius 2 is 2.19 bits per heavy atom. The Hall–Kier alpha value is -1.39. The van der Waals surface area contributed by atoms with Crippen molar-refractivity contribution >= 4 is 23.4 Å². The first-order valence-electron chi connectivity index (χ1n) is 4.70. The Kier molecular flexibility index (Phi) is 2.48. The molecule has 0 aromatic heterocycles. The van der Waals surface area contributed by atoms with Gasteiger partial charge in [-0.15, -0.1) is 0 Å². The molecule has 0 saturated heterocycles. The molecule has 0 bridgehead atoms. The minimum atomic E-state index is -1.82. The predicted octanol–water partition coefficient (Wildman–Crippen LogP) is 1.28. The van der Waals surface area contributed by atoms with Gasteiger partial charge in [0.05, 0.1) is 6.42 Å². The fraction of sp³-hybridized carbons (Fsp3) is 0.273. The molecule has 0 radical (unpaired) electrons. The Bertz CT molecular complexity index is 483. The molecule has 1 aromatic carbocycles. The van der Waals surface area contributed by atoms with Crippen molar-refractivity contribution in [1.82, 2.24) is 0 Å². The second-order valence-corrected chi connectivity index (χ2v) is 4.35. The summed E-state index contributed by atoms with van der Waals surface area (Å²) in [6.45, 7) is 0. The number of aliphatic carboxylic acids is 1. The second-order valence-electron chi connectivity index (χ2n) is 3.91. The molecule has 5 heteroatoms. The summed E-state index contributed by atoms with van der Waals surface area (Å²) in [5, 5.41) is 19.1. The van der Waals surface area contributed by atoms with Crippen molar-refractivity contribution in [2.45, 2.75) is 18.4 Å². The topological polar surface area (TPSA) is 74.6 Å². The van der Waals surface area contributed by atoms with Crippen LogP contribution in [-0.2, 0) is 11.2 Å². The quantitative estimate of drug-likeness (QED) is 0.817. The summed E-state index contributed by atoms with van der Waals surface area (Å²) in [4.78, 5) is 22.4. The van der Waals surface area contributed by atoms with Crippen molar-refractivity contribution in [3.8, 4) is 0 Å². The summed E-state index contributed by atoms with van der Waals surface area (Å²) >= 11 is 5.76. The van der Waals surface area contributed by atoms with Crippen LogP contribution < -0.4 is 0 Å². The van der Waals surface area contributed by atoms with Crippen molar-refractivity contribution in [3.63, 3.8) is 0 Å². The molecular formula is C11H9ClO4. The fourth-order valence-corrected chi connectivity index (χ4v) is 2.16. The Balaban J connectivity index is 2.40. The second kappa shape index (κ2) is 3.57. The summed E-state index contributed by atoms with van der Waals surface area (Å²) in [7, 11) is 0. The number of carbonyl (C=O) groups is 2. The lowest BCUT2D eigenvalue weighted by Crippen LogP contribution is -2.38. The molecule has 0 spiro atoms. The van der Waals surface area contributed by atoms with Crippen LogP contribution in [0.3, 0.4) is 0 Å². The van der Waals surface area contributed by atoms with Crippen LogP contribution in [0, 0.1) is 0 Å². The number of ketones is 1. The van der Waals surface area contributed by atoms with Gasteiger partial charge in [-0.3, -0.25) is 9.59 Å². The lowest BCUT2D eigenvalue weighted by molar-refractivity contribution is -0.140. The van der Waals surface area contributed by atoms with Gasteiger partial charge in [-0.1, -0.05) is 11.6 Å². The monoisotopic (exact) mass is 240 g/mol. The van der Waals surface area contributed by atoms with Gasteiger partial charge >= 0.3 is 5.97 Å². The summed E-state index contributed by atoms with van der Waals surface area (Å²) < 4.78 is 0. The van der Waals surface area contributed by atoms with Gasteiger partial charge in [0, 0.05) is 17.0 Å². The third-order valence-electron chi connectivity index (χ3n) is 2.66. The average Bonchev–Trinajstić information content (AvgIpc) is 2.37. The van der Waals surface area contributed by atoms with E-state index >= 15 is 0 Å². The number of carboxylic acids is 1. The summed E-state index contributed by atoms with van der Waals surface area (Å²) in [6.07, 6.45) is -0.577. The first-order chi connectivity index (χ1) is 7.42. The normalized spacial score (nSPS) is 23.2. The molecular weight excluding hydrogens is 232 g/mol. The smallest absolute Gasteiger partial charge is 0.306 e. The minimum Gasteiger partial charge on any atom is -0.481 e. The summed E-state index contributed by atoms with van der Waals surface area (Å²) in [6, 6.07) is 4.64. The SMILES string of the molecule is O=C(O)CC1(O)Cc2cc(Cl)ccc2C1=O. The van der Waals surface area contributed by atoms with E-state index in [9.17, 15) is 14.7 Å². The van der Waals surface area contributed by atoms with Gasteiger partial charge in [-0.25, -0.2) is 0 Å². The molecule has 1 unspecified atom stereocenters. The van der Waals surface area contributed by atoms with E-state index in [2.05, 4.69) is 0 Å². The van der Waals surface area contributed by atoms with E-state index in [0.717, 1.165) is 0 Å². The van der Waals surface area contributed by atoms with Crippen molar-refractivity contribution in [1.29, 1.82) is 0 Å². The van der Waals surface area contributed by atoms with E-state index in [1.165, 1.54) is 6.07 Å². The molecule has 0 heterocycles. The van der Waals surface area contributed by atoms with E-state index in [1.807, 2.05) is 0 Å². The van der Waals surface area contributed by atoms with E-state index in [0.29, 0.717) is 16.1 Å². The Morgan fingerprint density at radius 3 is 2.81 bits per heavy atom. The number of carboxylic acid groups (broad SMARTS) is 1. The van der Waals surface area contributed by atoms with Crippen LogP contribution in [0.25, 0.3) is 0 Å². The van der Waals surface area contributed by atoms with E-state index in [1.54, 1.807) is 12.1 Å². The maximum Gasteiger partial charge on any atom is 0.306 e. The van der Waals surface area contributed by atoms with Crippen LogP contribution in [0.1, 0.15) is 22.3 Å². The first kappa shape index (κ1) is 11.1. The van der Waals surface area contributed by atoms with Crippen LogP contribution in [0.4, 0.5) is 0 Å². The molecule has 0 aliphatic heterocycles. The number of hydrogen-bond donors (Lipinski definition) is 2. The summed E-state index contributed by atoms with van der Waals surface area (Å²) in [5.41, 5.74) is -0.867. The van der Waals surface area contributed by atoms with E-state index in [-0.39, 0.29) is 6.42 Å². The maximum absolute atomic E-state index is 11.8. The number of halogens is 1. The maximum atomic E-state index is 11.8. The van der Waals surface area contributed by atoms with Gasteiger partial charge in [0.1, 0.15) is 5.60 Å². The number of carbonyl (C=O) groups excluding carboxylic acids is 1. The van der Waals surface area contributed by atoms with E-state index in [4.69, 9.17) is 16.7 Å². The highest BCUT2D eigenvalue weighted by molar-refractivity contribution is 6.30. The molecule has 4 nitrogen and oxygen atoms in total. The van der Waals surface area contributed by atoms with Gasteiger partial charge in [0.15, 0.2) is 5.78 Å². The van der Waals surface area contributed by atoms with Gasteiger partial charge in [0.25, 0.3) is 0 Å². The third kappa shape index (κ3) is 1.70. The number of benzene rings is 1. The zero-order chi connectivity index (χ0) is 11.9. The zero-order valence-corrected chi connectivity index (χ0v) is 8.99. The highest BCUT2D eigenvalue weighted by Crippen LogP contribution is 2.33.